The number of ether oxygens (including phenoxy) is 1. The van der Waals surface area contributed by atoms with E-state index < -0.39 is 0 Å². The number of nitrogens with one attached hydrogen (secondary N) is 2. The van der Waals surface area contributed by atoms with Crippen LogP contribution in [0.4, 0.5) is 0 Å². The summed E-state index contributed by atoms with van der Waals surface area (Å²) < 4.78 is 5.32. The average molecular weight is 412 g/mol. The molecule has 0 aromatic carbocycles. The van der Waals surface area contributed by atoms with Gasteiger partial charge in [0.2, 0.25) is 0 Å². The van der Waals surface area contributed by atoms with Gasteiger partial charge in [-0.15, -0.1) is 24.0 Å². The van der Waals surface area contributed by atoms with E-state index in [1.807, 2.05) is 6.92 Å². The third-order valence-corrected chi connectivity index (χ3v) is 3.65. The van der Waals surface area contributed by atoms with Crippen LogP contribution in [0.3, 0.4) is 0 Å². The summed E-state index contributed by atoms with van der Waals surface area (Å²) in [5, 5.41) is 6.56. The molecule has 2 N–H and O–H groups in total. The van der Waals surface area contributed by atoms with E-state index in [1.165, 1.54) is 25.9 Å². The number of guanidine groups is 1. The van der Waals surface area contributed by atoms with Crippen molar-refractivity contribution < 1.29 is 4.74 Å². The molecule has 1 fully saturated rings. The summed E-state index contributed by atoms with van der Waals surface area (Å²) in [6.07, 6.45) is 2.66. The molecule has 0 radical (unpaired) electrons. The Labute approximate surface area is 147 Å². The van der Waals surface area contributed by atoms with Gasteiger partial charge in [0.15, 0.2) is 5.96 Å². The zero-order valence-corrected chi connectivity index (χ0v) is 16.2. The third kappa shape index (κ3) is 10.3. The lowest BCUT2D eigenvalue weighted by Gasteiger charge is -2.29. The number of aliphatic imine (C=N–C) groups is 1. The van der Waals surface area contributed by atoms with Crippen molar-refractivity contribution in [1.82, 2.24) is 15.5 Å². The first-order valence-electron chi connectivity index (χ1n) is 8.08. The molecule has 0 spiro atoms. The van der Waals surface area contributed by atoms with Crippen molar-refractivity contribution in [3.63, 3.8) is 0 Å². The number of rotatable bonds is 8. The standard InChI is InChI=1S/C15H32N4O.HI/c1-4-16-15(18-9-13-20-5-2)17-8-12-19-10-6-14(3)7-11-19;/h14H,4-13H2,1-3H3,(H2,16,17,18);1H. The Bertz CT molecular complexity index is 268. The first-order valence-corrected chi connectivity index (χ1v) is 8.08. The molecule has 1 aliphatic rings. The first-order chi connectivity index (χ1) is 9.76. The second-order valence-corrected chi connectivity index (χ2v) is 5.41. The summed E-state index contributed by atoms with van der Waals surface area (Å²) in [6.45, 7) is 14.0. The van der Waals surface area contributed by atoms with Gasteiger partial charge in [0.05, 0.1) is 13.2 Å². The lowest BCUT2D eigenvalue weighted by Crippen LogP contribution is -2.40. The minimum absolute atomic E-state index is 0. The van der Waals surface area contributed by atoms with E-state index >= 15 is 0 Å². The summed E-state index contributed by atoms with van der Waals surface area (Å²) in [6, 6.07) is 0. The van der Waals surface area contributed by atoms with Gasteiger partial charge in [-0.1, -0.05) is 6.92 Å². The molecule has 6 heteroatoms. The molecule has 1 rings (SSSR count). The summed E-state index contributed by atoms with van der Waals surface area (Å²) in [5.41, 5.74) is 0. The fourth-order valence-electron chi connectivity index (χ4n) is 2.32. The van der Waals surface area contributed by atoms with Crippen molar-refractivity contribution in [1.29, 1.82) is 0 Å². The van der Waals surface area contributed by atoms with E-state index in [4.69, 9.17) is 4.74 Å². The Hall–Kier alpha value is -0.0800. The van der Waals surface area contributed by atoms with Gasteiger partial charge in [0.1, 0.15) is 0 Å². The molecule has 0 aliphatic carbocycles. The SMILES string of the molecule is CCNC(=NCCN1CCC(C)CC1)NCCOCC.I. The number of nitrogens with zero attached hydrogens (tertiary/aromatic N) is 2. The van der Waals surface area contributed by atoms with Crippen LogP contribution in [-0.4, -0.2) is 63.3 Å². The van der Waals surface area contributed by atoms with Gasteiger partial charge in [0.25, 0.3) is 0 Å². The Morgan fingerprint density at radius 1 is 1.24 bits per heavy atom. The zero-order valence-electron chi connectivity index (χ0n) is 13.9. The van der Waals surface area contributed by atoms with Gasteiger partial charge in [-0.05, 0) is 45.7 Å². The maximum atomic E-state index is 5.32. The average Bonchev–Trinajstić information content (AvgIpc) is 2.45. The summed E-state index contributed by atoms with van der Waals surface area (Å²) in [4.78, 5) is 7.14. The number of piperidine rings is 1. The highest BCUT2D eigenvalue weighted by Crippen LogP contribution is 2.15. The van der Waals surface area contributed by atoms with Crippen LogP contribution in [0.1, 0.15) is 33.6 Å². The van der Waals surface area contributed by atoms with E-state index in [-0.39, 0.29) is 24.0 Å². The van der Waals surface area contributed by atoms with Crippen LogP contribution in [0.15, 0.2) is 4.99 Å². The maximum Gasteiger partial charge on any atom is 0.191 e. The van der Waals surface area contributed by atoms with Crippen molar-refractivity contribution in [2.24, 2.45) is 10.9 Å². The molecule has 0 unspecified atom stereocenters. The van der Waals surface area contributed by atoms with Crippen LogP contribution in [-0.2, 0) is 4.74 Å². The van der Waals surface area contributed by atoms with Crippen molar-refractivity contribution >= 4 is 29.9 Å². The van der Waals surface area contributed by atoms with Crippen LogP contribution < -0.4 is 10.6 Å². The molecule has 126 valence electrons. The molecule has 1 heterocycles. The number of hydrogen-bond acceptors (Lipinski definition) is 3. The maximum absolute atomic E-state index is 5.32. The van der Waals surface area contributed by atoms with E-state index in [0.29, 0.717) is 0 Å². The number of likely N-dealkylation sites (tertiary alicyclic amines) is 1. The molecule has 21 heavy (non-hydrogen) atoms. The van der Waals surface area contributed by atoms with E-state index in [2.05, 4.69) is 34.4 Å². The molecule has 0 aromatic heterocycles. The smallest absolute Gasteiger partial charge is 0.191 e. The van der Waals surface area contributed by atoms with Crippen molar-refractivity contribution in [2.45, 2.75) is 33.6 Å². The van der Waals surface area contributed by atoms with E-state index in [9.17, 15) is 0 Å². The highest BCUT2D eigenvalue weighted by atomic mass is 127. The molecule has 0 atom stereocenters. The van der Waals surface area contributed by atoms with Crippen molar-refractivity contribution in [2.75, 3.05) is 52.5 Å². The van der Waals surface area contributed by atoms with Gasteiger partial charge in [-0.2, -0.15) is 0 Å². The van der Waals surface area contributed by atoms with Gasteiger partial charge in [0, 0.05) is 26.2 Å². The molecular formula is C15H33IN4O. The number of hydrogen-bond donors (Lipinski definition) is 2. The molecule has 5 nitrogen and oxygen atoms in total. The predicted octanol–water partition coefficient (Wildman–Crippen LogP) is 1.93. The minimum atomic E-state index is 0. The fraction of sp³-hybridized carbons (Fsp3) is 0.933. The van der Waals surface area contributed by atoms with Gasteiger partial charge in [-0.25, -0.2) is 0 Å². The second kappa shape index (κ2) is 13.6. The van der Waals surface area contributed by atoms with Crippen molar-refractivity contribution in [3.8, 4) is 0 Å². The second-order valence-electron chi connectivity index (χ2n) is 5.41. The largest absolute Gasteiger partial charge is 0.380 e. The molecule has 0 amide bonds. The summed E-state index contributed by atoms with van der Waals surface area (Å²) in [7, 11) is 0. The molecule has 1 saturated heterocycles. The summed E-state index contributed by atoms with van der Waals surface area (Å²) >= 11 is 0. The molecule has 0 aromatic rings. The molecule has 0 bridgehead atoms. The van der Waals surface area contributed by atoms with E-state index in [0.717, 1.165) is 51.3 Å². The topological polar surface area (TPSA) is 48.9 Å². The third-order valence-electron chi connectivity index (χ3n) is 3.65. The van der Waals surface area contributed by atoms with Gasteiger partial charge < -0.3 is 20.3 Å². The molecule has 1 aliphatic heterocycles. The number of halogens is 1. The van der Waals surface area contributed by atoms with Gasteiger partial charge in [-0.3, -0.25) is 4.99 Å². The van der Waals surface area contributed by atoms with Crippen LogP contribution in [0.5, 0.6) is 0 Å². The van der Waals surface area contributed by atoms with Crippen LogP contribution in [0.25, 0.3) is 0 Å². The Kier molecular flexibility index (Phi) is 13.5. The highest BCUT2D eigenvalue weighted by Gasteiger charge is 2.14. The van der Waals surface area contributed by atoms with E-state index in [1.54, 1.807) is 0 Å². The molecule has 0 saturated carbocycles. The Morgan fingerprint density at radius 2 is 1.95 bits per heavy atom. The zero-order chi connectivity index (χ0) is 14.6. The normalized spacial score (nSPS) is 17.4. The Balaban J connectivity index is 0.00000400. The quantitative estimate of drug-likeness (QED) is 0.277. The lowest BCUT2D eigenvalue weighted by atomic mass is 9.99. The first kappa shape index (κ1) is 20.9. The predicted molar refractivity (Wildman–Crippen MR) is 101 cm³/mol. The van der Waals surface area contributed by atoms with Gasteiger partial charge >= 0.3 is 0 Å². The highest BCUT2D eigenvalue weighted by molar-refractivity contribution is 14.0. The van der Waals surface area contributed by atoms with Crippen LogP contribution in [0, 0.1) is 5.92 Å². The van der Waals surface area contributed by atoms with Crippen molar-refractivity contribution in [3.05, 3.63) is 0 Å². The van der Waals surface area contributed by atoms with Crippen LogP contribution >= 0.6 is 24.0 Å². The monoisotopic (exact) mass is 412 g/mol. The fourth-order valence-corrected chi connectivity index (χ4v) is 2.32. The van der Waals surface area contributed by atoms with Crippen LogP contribution in [0.2, 0.25) is 0 Å². The Morgan fingerprint density at radius 3 is 2.57 bits per heavy atom. The summed E-state index contributed by atoms with van der Waals surface area (Å²) in [5.74, 6) is 1.80. The molecular weight excluding hydrogens is 379 g/mol. The minimum Gasteiger partial charge on any atom is -0.380 e. The lowest BCUT2D eigenvalue weighted by molar-refractivity contribution is 0.152.